The molecule has 0 aliphatic heterocycles. The van der Waals surface area contributed by atoms with Gasteiger partial charge in [0.25, 0.3) is 0 Å². The van der Waals surface area contributed by atoms with Crippen molar-refractivity contribution in [1.29, 1.82) is 0 Å². The Kier molecular flexibility index (Phi) is 14.6. The van der Waals surface area contributed by atoms with Gasteiger partial charge in [0, 0.05) is 5.75 Å². The maximum atomic E-state index is 9.04. The van der Waals surface area contributed by atoms with Crippen LogP contribution in [0.15, 0.2) is 0 Å². The minimum absolute atomic E-state index is 0.793. The highest BCUT2D eigenvalue weighted by Crippen LogP contribution is 2.50. The number of unbranched alkanes of at least 4 members (excludes halogenated alkanes) is 11. The molecule has 0 heterocycles. The summed E-state index contributed by atoms with van der Waals surface area (Å²) in [7, 11) is 0. The molecule has 0 atom stereocenters. The van der Waals surface area contributed by atoms with Crippen molar-refractivity contribution < 1.29 is 9.79 Å². The zero-order chi connectivity index (χ0) is 14.4. The molecule has 0 aromatic carbocycles. The van der Waals surface area contributed by atoms with E-state index in [1.54, 1.807) is 0 Å². The van der Waals surface area contributed by atoms with E-state index in [4.69, 9.17) is 9.79 Å². The van der Waals surface area contributed by atoms with E-state index in [1.807, 2.05) is 0 Å². The summed E-state index contributed by atoms with van der Waals surface area (Å²) in [5, 5.41) is 0. The van der Waals surface area contributed by atoms with E-state index < -0.39 is 5.69 Å². The van der Waals surface area contributed by atoms with E-state index in [2.05, 4.69) is 18.7 Å². The molecule has 0 aromatic heterocycles. The van der Waals surface area contributed by atoms with Gasteiger partial charge < -0.3 is 9.79 Å². The van der Waals surface area contributed by atoms with Crippen LogP contribution < -0.4 is 0 Å². The van der Waals surface area contributed by atoms with E-state index >= 15 is 0 Å². The second-order valence-electron chi connectivity index (χ2n) is 5.21. The Morgan fingerprint density at radius 2 is 1.11 bits per heavy atom. The summed E-state index contributed by atoms with van der Waals surface area (Å²) in [5.41, 5.74) is -3.00. The maximum Gasteiger partial charge on any atom is 0.242 e. The molecule has 116 valence electrons. The summed E-state index contributed by atoms with van der Waals surface area (Å²) in [5.74, 6) is 0.793. The monoisotopic (exact) mass is 326 g/mol. The first-order valence-corrected chi connectivity index (χ1v) is 12.1. The van der Waals surface area contributed by atoms with Gasteiger partial charge in [0.05, 0.1) is 0 Å². The highest BCUT2D eigenvalue weighted by molar-refractivity contribution is 8.67. The van der Waals surface area contributed by atoms with E-state index in [-0.39, 0.29) is 0 Å². The first-order chi connectivity index (χ1) is 9.06. The molecule has 0 aliphatic carbocycles. The molecule has 0 rings (SSSR count). The lowest BCUT2D eigenvalue weighted by atomic mass is 10.1. The topological polar surface area (TPSA) is 40.5 Å². The van der Waals surface area contributed by atoms with Crippen LogP contribution >= 0.6 is 17.1 Å². The molecule has 0 saturated carbocycles. The van der Waals surface area contributed by atoms with Crippen molar-refractivity contribution in [2.75, 3.05) is 5.75 Å². The molecule has 0 bridgehead atoms. The van der Waals surface area contributed by atoms with Gasteiger partial charge >= 0.3 is 0 Å². The first kappa shape index (κ1) is 19.9. The Labute approximate surface area is 128 Å². The minimum Gasteiger partial charge on any atom is -0.338 e. The number of hydrogen-bond donors (Lipinski definition) is 2. The SMILES string of the molecule is CCCCCCCCCCCCCCSP(O)(O)=S. The second kappa shape index (κ2) is 13.9. The van der Waals surface area contributed by atoms with E-state index in [0.29, 0.717) is 0 Å². The van der Waals surface area contributed by atoms with E-state index in [9.17, 15) is 0 Å². The van der Waals surface area contributed by atoms with Crippen LogP contribution in [0.3, 0.4) is 0 Å². The van der Waals surface area contributed by atoms with Gasteiger partial charge in [-0.15, -0.1) is 0 Å². The molecule has 19 heavy (non-hydrogen) atoms. The fraction of sp³-hybridized carbons (Fsp3) is 1.00. The lowest BCUT2D eigenvalue weighted by Gasteiger charge is -2.06. The van der Waals surface area contributed by atoms with Gasteiger partial charge in [-0.05, 0) is 18.2 Å². The Morgan fingerprint density at radius 1 is 0.737 bits per heavy atom. The summed E-state index contributed by atoms with van der Waals surface area (Å²) in [6.07, 6.45) is 16.0. The van der Waals surface area contributed by atoms with Crippen LogP contribution in [-0.4, -0.2) is 15.5 Å². The predicted molar refractivity (Wildman–Crippen MR) is 92.3 cm³/mol. The van der Waals surface area contributed by atoms with Gasteiger partial charge in [-0.25, -0.2) is 0 Å². The Bertz CT molecular complexity index is 231. The molecule has 0 spiro atoms. The third-order valence-corrected chi connectivity index (χ3v) is 6.57. The molecular weight excluding hydrogens is 295 g/mol. The lowest BCUT2D eigenvalue weighted by molar-refractivity contribution is 0.502. The average molecular weight is 327 g/mol. The predicted octanol–water partition coefficient (Wildman–Crippen LogP) is 5.63. The van der Waals surface area contributed by atoms with Crippen molar-refractivity contribution in [3.8, 4) is 0 Å². The highest BCUT2D eigenvalue weighted by atomic mass is 32.9. The first-order valence-electron chi connectivity index (χ1n) is 7.76. The van der Waals surface area contributed by atoms with Crippen molar-refractivity contribution in [3.63, 3.8) is 0 Å². The van der Waals surface area contributed by atoms with Crippen molar-refractivity contribution >= 4 is 28.9 Å². The molecule has 0 unspecified atom stereocenters. The summed E-state index contributed by atoms with van der Waals surface area (Å²) in [6, 6.07) is 0. The normalized spacial score (nSPS) is 11.9. The van der Waals surface area contributed by atoms with Gasteiger partial charge in [-0.3, -0.25) is 0 Å². The highest BCUT2D eigenvalue weighted by Gasteiger charge is 2.06. The molecule has 0 amide bonds. The van der Waals surface area contributed by atoms with Crippen molar-refractivity contribution in [2.24, 2.45) is 0 Å². The van der Waals surface area contributed by atoms with Crippen LogP contribution in [0.2, 0.25) is 0 Å². The van der Waals surface area contributed by atoms with Crippen LogP contribution in [0.4, 0.5) is 0 Å². The molecule has 0 saturated heterocycles. The molecule has 0 radical (unpaired) electrons. The Balaban J connectivity index is 3.01. The van der Waals surface area contributed by atoms with Gasteiger partial charge in [-0.1, -0.05) is 88.9 Å². The third-order valence-electron chi connectivity index (χ3n) is 3.26. The summed E-state index contributed by atoms with van der Waals surface area (Å²) < 4.78 is 0. The third kappa shape index (κ3) is 18.9. The molecule has 5 heteroatoms. The fourth-order valence-electron chi connectivity index (χ4n) is 2.13. The molecular formula is C14H31O2PS2. The summed E-state index contributed by atoms with van der Waals surface area (Å²) >= 11 is 5.71. The van der Waals surface area contributed by atoms with E-state index in [0.717, 1.165) is 23.6 Å². The van der Waals surface area contributed by atoms with Crippen LogP contribution in [0, 0.1) is 0 Å². The van der Waals surface area contributed by atoms with Gasteiger partial charge in [0.1, 0.15) is 0 Å². The standard InChI is InChI=1S/C14H31O2PS2/c1-2-3-4-5-6-7-8-9-10-11-12-13-14-19-17(15,16)18/h2-14H2,1H3,(H2,15,16,18). The zero-order valence-electron chi connectivity index (χ0n) is 12.4. The quantitative estimate of drug-likeness (QED) is 0.320. The molecule has 0 aromatic rings. The summed E-state index contributed by atoms with van der Waals surface area (Å²) in [6.45, 7) is 2.26. The molecule has 2 nitrogen and oxygen atoms in total. The maximum absolute atomic E-state index is 9.04. The molecule has 0 fully saturated rings. The second-order valence-corrected chi connectivity index (χ2v) is 11.4. The van der Waals surface area contributed by atoms with Gasteiger partial charge in [-0.2, -0.15) is 0 Å². The number of hydrogen-bond acceptors (Lipinski definition) is 2. The minimum atomic E-state index is -3.00. The fourth-order valence-corrected chi connectivity index (χ4v) is 4.47. The van der Waals surface area contributed by atoms with Crippen LogP contribution in [0.5, 0.6) is 0 Å². The van der Waals surface area contributed by atoms with Crippen molar-refractivity contribution in [1.82, 2.24) is 0 Å². The lowest BCUT2D eigenvalue weighted by Crippen LogP contribution is -1.84. The summed E-state index contributed by atoms with van der Waals surface area (Å²) in [4.78, 5) is 18.1. The Morgan fingerprint density at radius 3 is 1.47 bits per heavy atom. The van der Waals surface area contributed by atoms with Crippen LogP contribution in [0.25, 0.3) is 0 Å². The molecule has 0 aliphatic rings. The number of rotatable bonds is 14. The van der Waals surface area contributed by atoms with E-state index in [1.165, 1.54) is 70.6 Å². The molecule has 2 N–H and O–H groups in total. The smallest absolute Gasteiger partial charge is 0.242 e. The average Bonchev–Trinajstić information content (AvgIpc) is 2.34. The van der Waals surface area contributed by atoms with Crippen molar-refractivity contribution in [3.05, 3.63) is 0 Å². The Hall–Kier alpha value is 0.920. The van der Waals surface area contributed by atoms with Crippen molar-refractivity contribution in [2.45, 2.75) is 84.0 Å². The van der Waals surface area contributed by atoms with Crippen LogP contribution in [-0.2, 0) is 11.8 Å². The van der Waals surface area contributed by atoms with Gasteiger partial charge in [0.2, 0.25) is 5.69 Å². The largest absolute Gasteiger partial charge is 0.338 e. The van der Waals surface area contributed by atoms with Crippen LogP contribution in [0.1, 0.15) is 84.0 Å². The zero-order valence-corrected chi connectivity index (χ0v) is 14.9. The van der Waals surface area contributed by atoms with Gasteiger partial charge in [0.15, 0.2) is 0 Å².